The zero-order chi connectivity index (χ0) is 22.8. The first-order valence-corrected chi connectivity index (χ1v) is 12.4. The molecule has 0 fully saturated rings. The molecular weight excluding hydrogens is 421 g/mol. The molecule has 4 rings (SSSR count). The average Bonchev–Trinajstić information content (AvgIpc) is 3.37. The monoisotopic (exact) mass is 447 g/mol. The number of fused-ring (bicyclic) bond motifs is 1. The first kappa shape index (κ1) is 22.2. The maximum Gasteiger partial charge on any atom is 0.258 e. The molecule has 0 amide bonds. The average molecular weight is 447 g/mol. The van der Waals surface area contributed by atoms with Crippen molar-refractivity contribution < 1.29 is 14.1 Å². The molecule has 0 bridgehead atoms. The van der Waals surface area contributed by atoms with E-state index in [2.05, 4.69) is 29.2 Å². The van der Waals surface area contributed by atoms with Crippen molar-refractivity contribution in [3.05, 3.63) is 47.5 Å². The second-order valence-electron chi connectivity index (χ2n) is 8.27. The number of aromatic nitrogens is 2. The van der Waals surface area contributed by atoms with Crippen molar-refractivity contribution in [3.63, 3.8) is 0 Å². The van der Waals surface area contributed by atoms with E-state index < -0.39 is 0 Å². The topological polar surface area (TPSA) is 89.0 Å². The molecule has 6 nitrogen and oxygen atoms in total. The summed E-state index contributed by atoms with van der Waals surface area (Å²) in [4.78, 5) is 16.4. The summed E-state index contributed by atoms with van der Waals surface area (Å²) < 4.78 is 11.3. The first-order valence-electron chi connectivity index (χ1n) is 10.8. The van der Waals surface area contributed by atoms with Gasteiger partial charge in [0, 0.05) is 17.5 Å². The first-order chi connectivity index (χ1) is 15.4. The molecule has 0 saturated carbocycles. The Labute approximate surface area is 189 Å². The number of carbonyl (C=O) groups excluding carboxylic acids is 1. The van der Waals surface area contributed by atoms with Gasteiger partial charge in [-0.15, -0.1) is 0 Å². The molecule has 1 aromatic heterocycles. The minimum atomic E-state index is -0.373. The summed E-state index contributed by atoms with van der Waals surface area (Å²) in [6.45, 7) is 7.71. The summed E-state index contributed by atoms with van der Waals surface area (Å²) in [6.07, 6.45) is 2.52. The van der Waals surface area contributed by atoms with Crippen molar-refractivity contribution in [1.29, 1.82) is 5.26 Å². The highest BCUT2D eigenvalue weighted by Gasteiger charge is 2.34. The lowest BCUT2D eigenvalue weighted by Crippen LogP contribution is -2.11. The highest BCUT2D eigenvalue weighted by molar-refractivity contribution is 7.66. The second kappa shape index (κ2) is 9.22. The Morgan fingerprint density at radius 2 is 2.16 bits per heavy atom. The number of ether oxygens (including phenoxy) is 1. The lowest BCUT2D eigenvalue weighted by Gasteiger charge is -2.18. The highest BCUT2D eigenvalue weighted by Crippen LogP contribution is 2.50. The van der Waals surface area contributed by atoms with E-state index in [0.717, 1.165) is 18.1 Å². The van der Waals surface area contributed by atoms with Crippen LogP contribution in [0.4, 0.5) is 0 Å². The number of carbonyl (C=O) groups is 1. The maximum atomic E-state index is 11.8. The van der Waals surface area contributed by atoms with Gasteiger partial charge in [0.1, 0.15) is 17.6 Å². The fraction of sp³-hybridized carbons (Fsp3) is 0.360. The van der Waals surface area contributed by atoms with Gasteiger partial charge < -0.3 is 14.1 Å². The summed E-state index contributed by atoms with van der Waals surface area (Å²) in [6, 6.07) is 13.7. The van der Waals surface area contributed by atoms with Gasteiger partial charge in [-0.1, -0.05) is 38.2 Å². The third-order valence-corrected chi connectivity index (χ3v) is 8.55. The molecule has 0 N–H and O–H groups in total. The summed E-state index contributed by atoms with van der Waals surface area (Å²) in [5, 5.41) is 15.1. The van der Waals surface area contributed by atoms with Gasteiger partial charge >= 0.3 is 0 Å². The zero-order valence-electron chi connectivity index (χ0n) is 18.8. The fourth-order valence-corrected chi connectivity index (χ4v) is 7.28. The number of nitrogens with zero attached hydrogens (tertiary/aromatic N) is 3. The van der Waals surface area contributed by atoms with Crippen LogP contribution in [0.15, 0.2) is 40.9 Å². The van der Waals surface area contributed by atoms with Crippen molar-refractivity contribution >= 4 is 19.0 Å². The van der Waals surface area contributed by atoms with Crippen molar-refractivity contribution in [1.82, 2.24) is 10.1 Å². The lowest BCUT2D eigenvalue weighted by molar-refractivity contribution is -0.117. The van der Waals surface area contributed by atoms with Crippen LogP contribution >= 0.6 is 7.92 Å². The van der Waals surface area contributed by atoms with Crippen LogP contribution in [0, 0.1) is 11.3 Å². The molecule has 0 spiro atoms. The van der Waals surface area contributed by atoms with Crippen LogP contribution in [0.2, 0.25) is 0 Å². The number of ketones is 1. The Hall–Kier alpha value is -3.03. The van der Waals surface area contributed by atoms with E-state index >= 15 is 0 Å². The van der Waals surface area contributed by atoms with Crippen LogP contribution in [0.3, 0.4) is 0 Å². The highest BCUT2D eigenvalue weighted by atomic mass is 31.1. The van der Waals surface area contributed by atoms with E-state index in [4.69, 9.17) is 9.26 Å². The summed E-state index contributed by atoms with van der Waals surface area (Å²) in [5.41, 5.74) is 3.68. The number of hydrogen-bond acceptors (Lipinski definition) is 6. The van der Waals surface area contributed by atoms with Gasteiger partial charge in [0.2, 0.25) is 5.82 Å². The predicted octanol–water partition coefficient (Wildman–Crippen LogP) is 5.09. The third kappa shape index (κ3) is 4.31. The number of hydrogen-bond donors (Lipinski definition) is 0. The summed E-state index contributed by atoms with van der Waals surface area (Å²) >= 11 is 0. The van der Waals surface area contributed by atoms with E-state index in [1.54, 1.807) is 19.1 Å². The van der Waals surface area contributed by atoms with E-state index in [-0.39, 0.29) is 19.8 Å². The van der Waals surface area contributed by atoms with Crippen molar-refractivity contribution in [2.75, 3.05) is 6.16 Å². The van der Waals surface area contributed by atoms with E-state index in [9.17, 15) is 10.1 Å². The number of benzene rings is 2. The van der Waals surface area contributed by atoms with Gasteiger partial charge in [0.25, 0.3) is 5.89 Å². The Morgan fingerprint density at radius 1 is 1.34 bits per heavy atom. The normalized spacial score (nSPS) is 17.2. The van der Waals surface area contributed by atoms with Crippen molar-refractivity contribution in [3.8, 4) is 34.7 Å². The van der Waals surface area contributed by atoms with Gasteiger partial charge in [0.15, 0.2) is 0 Å². The van der Waals surface area contributed by atoms with Crippen LogP contribution in [0.1, 0.15) is 45.2 Å². The number of Topliss-reactive ketones (excluding diaryl/α,β-unsaturated/α-hetero) is 1. The van der Waals surface area contributed by atoms with E-state index in [1.807, 2.05) is 32.0 Å². The van der Waals surface area contributed by atoms with E-state index in [0.29, 0.717) is 40.7 Å². The van der Waals surface area contributed by atoms with Gasteiger partial charge in [-0.2, -0.15) is 10.2 Å². The molecule has 164 valence electrons. The quantitative estimate of drug-likeness (QED) is 0.469. The van der Waals surface area contributed by atoms with Gasteiger partial charge in [0.05, 0.1) is 11.7 Å². The molecular formula is C25H26N3O3P. The Balaban J connectivity index is 1.67. The largest absolute Gasteiger partial charge is 0.490 e. The minimum Gasteiger partial charge on any atom is -0.490 e. The molecule has 0 radical (unpaired) electrons. The molecule has 0 saturated heterocycles. The van der Waals surface area contributed by atoms with Gasteiger partial charge in [-0.3, -0.25) is 0 Å². The van der Waals surface area contributed by atoms with Crippen LogP contribution in [-0.2, 0) is 11.2 Å². The van der Waals surface area contributed by atoms with Crippen LogP contribution in [0.25, 0.3) is 22.8 Å². The molecule has 3 aromatic rings. The van der Waals surface area contributed by atoms with Crippen LogP contribution < -0.4 is 10.0 Å². The maximum absolute atomic E-state index is 11.8. The molecule has 7 heteroatoms. The molecule has 2 heterocycles. The van der Waals surface area contributed by atoms with E-state index in [1.165, 1.54) is 10.9 Å². The molecule has 2 atom stereocenters. The lowest BCUT2D eigenvalue weighted by atomic mass is 10.0. The fourth-order valence-electron chi connectivity index (χ4n) is 4.31. The molecule has 1 aliphatic heterocycles. The molecule has 0 aliphatic carbocycles. The number of nitriles is 1. The Kier molecular flexibility index (Phi) is 6.39. The Bertz CT molecular complexity index is 1200. The zero-order valence-corrected chi connectivity index (χ0v) is 19.6. The predicted molar refractivity (Wildman–Crippen MR) is 126 cm³/mol. The van der Waals surface area contributed by atoms with Crippen molar-refractivity contribution in [2.45, 2.75) is 52.3 Å². The minimum absolute atomic E-state index is 0.0245. The summed E-state index contributed by atoms with van der Waals surface area (Å²) in [5.74, 6) is 1.68. The van der Waals surface area contributed by atoms with Gasteiger partial charge in [-0.05, 0) is 68.1 Å². The van der Waals surface area contributed by atoms with Gasteiger partial charge in [-0.25, -0.2) is 0 Å². The van der Waals surface area contributed by atoms with Crippen LogP contribution in [0.5, 0.6) is 5.75 Å². The number of rotatable bonds is 7. The standard InChI is InChI=1S/C25H26N3O3P/c1-5-32-19(11-16(4)29)13-21-20(7-6-8-23(21)32)24-27-25(31-28-24)17-9-10-22(30-15(2)3)18(12-17)14-26/h6-10,12,15,19H,5,11,13H2,1-4H3/t19-,32-/m1/s1. The molecule has 32 heavy (non-hydrogen) atoms. The van der Waals surface area contributed by atoms with Crippen molar-refractivity contribution in [2.24, 2.45) is 0 Å². The van der Waals surface area contributed by atoms with Crippen LogP contribution in [-0.4, -0.2) is 33.8 Å². The second-order valence-corrected chi connectivity index (χ2v) is 11.0. The summed E-state index contributed by atoms with van der Waals surface area (Å²) in [7, 11) is -0.373. The Morgan fingerprint density at radius 3 is 2.84 bits per heavy atom. The molecule has 0 unspecified atom stereocenters. The third-order valence-electron chi connectivity index (χ3n) is 5.58. The molecule has 2 aromatic carbocycles. The molecule has 1 aliphatic rings. The SMILES string of the molecule is CC[P@@]1c2cccc(-c3noc(-c4ccc(OC(C)C)c(C#N)c4)n3)c2C[C@H]1CC(C)=O. The smallest absolute Gasteiger partial charge is 0.258 e.